The van der Waals surface area contributed by atoms with E-state index in [1.807, 2.05) is 0 Å². The first-order valence-corrected chi connectivity index (χ1v) is 10.1. The Labute approximate surface area is 195 Å². The SMILES string of the molecule is O=C1C(Nc2ccc(OC(F)(F)F)cc2)=CC(c2ccccc2)N1c1ccc(OC(F)(F)F)cc1. The monoisotopic (exact) mass is 494 g/mol. The number of halogens is 6. The molecule has 1 atom stereocenters. The summed E-state index contributed by atoms with van der Waals surface area (Å²) >= 11 is 0. The highest BCUT2D eigenvalue weighted by Crippen LogP contribution is 2.37. The summed E-state index contributed by atoms with van der Waals surface area (Å²) in [6, 6.07) is 18.0. The fourth-order valence-electron chi connectivity index (χ4n) is 3.53. The molecule has 1 N–H and O–H groups in total. The van der Waals surface area contributed by atoms with Crippen LogP contribution < -0.4 is 19.7 Å². The van der Waals surface area contributed by atoms with Crippen molar-refractivity contribution in [3.8, 4) is 11.5 Å². The minimum absolute atomic E-state index is 0.138. The predicted octanol–water partition coefficient (Wildman–Crippen LogP) is 6.57. The molecule has 1 amide bonds. The van der Waals surface area contributed by atoms with Crippen LogP contribution >= 0.6 is 0 Å². The van der Waals surface area contributed by atoms with E-state index in [9.17, 15) is 31.1 Å². The van der Waals surface area contributed by atoms with Crippen LogP contribution in [0.25, 0.3) is 0 Å². The molecule has 3 aromatic rings. The van der Waals surface area contributed by atoms with Crippen molar-refractivity contribution < 1.29 is 40.6 Å². The minimum Gasteiger partial charge on any atom is -0.406 e. The summed E-state index contributed by atoms with van der Waals surface area (Å²) in [6.45, 7) is 0. The van der Waals surface area contributed by atoms with E-state index in [0.717, 1.165) is 29.8 Å². The molecule has 1 aliphatic heterocycles. The first-order chi connectivity index (χ1) is 16.5. The van der Waals surface area contributed by atoms with E-state index < -0.39 is 36.2 Å². The Bertz CT molecular complexity index is 1210. The molecule has 1 unspecified atom stereocenters. The van der Waals surface area contributed by atoms with Crippen LogP contribution in [0.3, 0.4) is 0 Å². The number of carbonyl (C=O) groups excluding carboxylic acids is 1. The fourth-order valence-corrected chi connectivity index (χ4v) is 3.53. The third-order valence-corrected chi connectivity index (χ3v) is 4.91. The standard InChI is InChI=1S/C24H16F6N2O3/c25-23(26,27)34-18-10-6-16(7-11-18)31-20-14-21(15-4-2-1-3-5-15)32(22(20)33)17-8-12-19(13-9-17)35-24(28,29)30/h1-14,21,31H. The van der Waals surface area contributed by atoms with Crippen LogP contribution in [-0.4, -0.2) is 18.6 Å². The zero-order valence-electron chi connectivity index (χ0n) is 17.6. The van der Waals surface area contributed by atoms with E-state index in [-0.39, 0.29) is 5.70 Å². The smallest absolute Gasteiger partial charge is 0.406 e. The molecule has 0 saturated heterocycles. The molecular formula is C24H16F6N2O3. The summed E-state index contributed by atoms with van der Waals surface area (Å²) in [6.07, 6.45) is -8.06. The van der Waals surface area contributed by atoms with Crippen LogP contribution in [0.15, 0.2) is 90.6 Å². The maximum atomic E-state index is 13.3. The number of alkyl halides is 6. The van der Waals surface area contributed by atoms with Crippen LogP contribution in [0.4, 0.5) is 37.7 Å². The van der Waals surface area contributed by atoms with Crippen molar-refractivity contribution in [1.29, 1.82) is 0 Å². The summed E-state index contributed by atoms with van der Waals surface area (Å²) in [7, 11) is 0. The zero-order valence-corrected chi connectivity index (χ0v) is 17.6. The maximum Gasteiger partial charge on any atom is 0.573 e. The molecule has 0 aliphatic carbocycles. The van der Waals surface area contributed by atoms with Crippen molar-refractivity contribution >= 4 is 17.3 Å². The molecule has 11 heteroatoms. The van der Waals surface area contributed by atoms with E-state index in [2.05, 4.69) is 14.8 Å². The van der Waals surface area contributed by atoms with Crippen LogP contribution in [0.2, 0.25) is 0 Å². The van der Waals surface area contributed by atoms with Crippen molar-refractivity contribution in [3.63, 3.8) is 0 Å². The van der Waals surface area contributed by atoms with Crippen molar-refractivity contribution in [2.75, 3.05) is 10.2 Å². The normalized spacial score (nSPS) is 16.2. The van der Waals surface area contributed by atoms with Crippen molar-refractivity contribution in [1.82, 2.24) is 0 Å². The van der Waals surface area contributed by atoms with Gasteiger partial charge in [-0.05, 0) is 60.2 Å². The number of anilines is 2. The quantitative estimate of drug-likeness (QED) is 0.394. The molecule has 182 valence electrons. The summed E-state index contributed by atoms with van der Waals surface area (Å²) in [4.78, 5) is 14.7. The van der Waals surface area contributed by atoms with Gasteiger partial charge in [0.2, 0.25) is 0 Å². The van der Waals surface area contributed by atoms with Gasteiger partial charge in [0, 0.05) is 11.4 Å². The number of carbonyl (C=O) groups is 1. The number of benzene rings is 3. The summed E-state index contributed by atoms with van der Waals surface area (Å²) in [5.41, 5.74) is 1.53. The van der Waals surface area contributed by atoms with Crippen LogP contribution in [0.1, 0.15) is 11.6 Å². The molecule has 1 heterocycles. The van der Waals surface area contributed by atoms with Crippen LogP contribution in [0.5, 0.6) is 11.5 Å². The van der Waals surface area contributed by atoms with Gasteiger partial charge >= 0.3 is 12.7 Å². The van der Waals surface area contributed by atoms with E-state index in [1.165, 1.54) is 29.2 Å². The van der Waals surface area contributed by atoms with Crippen molar-refractivity contribution in [3.05, 3.63) is 96.2 Å². The molecule has 0 bridgehead atoms. The number of nitrogens with one attached hydrogen (secondary N) is 1. The molecule has 0 spiro atoms. The van der Waals surface area contributed by atoms with Gasteiger partial charge in [0.05, 0.1) is 6.04 Å². The third-order valence-electron chi connectivity index (χ3n) is 4.91. The number of rotatable bonds is 6. The lowest BCUT2D eigenvalue weighted by molar-refractivity contribution is -0.275. The highest BCUT2D eigenvalue weighted by molar-refractivity contribution is 6.11. The van der Waals surface area contributed by atoms with Gasteiger partial charge < -0.3 is 14.8 Å². The van der Waals surface area contributed by atoms with Crippen LogP contribution in [-0.2, 0) is 4.79 Å². The Morgan fingerprint density at radius 2 is 1.23 bits per heavy atom. The highest BCUT2D eigenvalue weighted by atomic mass is 19.4. The number of amides is 1. The minimum atomic E-state index is -4.85. The first-order valence-electron chi connectivity index (χ1n) is 10.1. The maximum absolute atomic E-state index is 13.3. The Morgan fingerprint density at radius 1 is 0.714 bits per heavy atom. The number of ether oxygens (including phenoxy) is 2. The zero-order chi connectivity index (χ0) is 25.2. The van der Waals surface area contributed by atoms with Gasteiger partial charge in [-0.25, -0.2) is 0 Å². The number of hydrogen-bond acceptors (Lipinski definition) is 4. The van der Waals surface area contributed by atoms with E-state index in [4.69, 9.17) is 0 Å². The van der Waals surface area contributed by atoms with E-state index >= 15 is 0 Å². The Hall–Kier alpha value is -4.15. The van der Waals surface area contributed by atoms with Crippen molar-refractivity contribution in [2.45, 2.75) is 18.8 Å². The number of hydrogen-bond donors (Lipinski definition) is 1. The van der Waals surface area contributed by atoms with Gasteiger partial charge in [-0.3, -0.25) is 9.69 Å². The second-order valence-electron chi connectivity index (χ2n) is 7.35. The fraction of sp³-hybridized carbons (Fsp3) is 0.125. The second-order valence-corrected chi connectivity index (χ2v) is 7.35. The summed E-state index contributed by atoms with van der Waals surface area (Å²) in [5, 5.41) is 2.88. The lowest BCUT2D eigenvalue weighted by Gasteiger charge is -2.25. The molecule has 35 heavy (non-hydrogen) atoms. The van der Waals surface area contributed by atoms with Gasteiger partial charge in [-0.2, -0.15) is 0 Å². The largest absolute Gasteiger partial charge is 0.573 e. The Kier molecular flexibility index (Phi) is 6.33. The Balaban J connectivity index is 1.59. The average molecular weight is 494 g/mol. The van der Waals surface area contributed by atoms with E-state index in [1.54, 1.807) is 36.4 Å². The summed E-state index contributed by atoms with van der Waals surface area (Å²) < 4.78 is 82.3. The molecule has 1 aliphatic rings. The predicted molar refractivity (Wildman–Crippen MR) is 115 cm³/mol. The molecule has 3 aromatic carbocycles. The van der Waals surface area contributed by atoms with E-state index in [0.29, 0.717) is 11.4 Å². The molecule has 4 rings (SSSR count). The third kappa shape index (κ3) is 6.05. The van der Waals surface area contributed by atoms with Gasteiger partial charge in [0.1, 0.15) is 17.2 Å². The molecule has 5 nitrogen and oxygen atoms in total. The van der Waals surface area contributed by atoms with Gasteiger partial charge in [-0.1, -0.05) is 30.3 Å². The van der Waals surface area contributed by atoms with Gasteiger partial charge in [0.15, 0.2) is 0 Å². The topological polar surface area (TPSA) is 50.8 Å². The molecule has 0 radical (unpaired) electrons. The summed E-state index contributed by atoms with van der Waals surface area (Å²) in [5.74, 6) is -1.34. The van der Waals surface area contributed by atoms with Gasteiger partial charge in [0.25, 0.3) is 5.91 Å². The van der Waals surface area contributed by atoms with Gasteiger partial charge in [-0.15, -0.1) is 26.3 Å². The highest BCUT2D eigenvalue weighted by Gasteiger charge is 2.36. The average Bonchev–Trinajstić information content (AvgIpc) is 3.10. The molecule has 0 aromatic heterocycles. The molecular weight excluding hydrogens is 478 g/mol. The lowest BCUT2D eigenvalue weighted by Crippen LogP contribution is -2.30. The lowest BCUT2D eigenvalue weighted by atomic mass is 10.1. The Morgan fingerprint density at radius 3 is 1.74 bits per heavy atom. The van der Waals surface area contributed by atoms with Crippen LogP contribution in [0, 0.1) is 0 Å². The molecule has 0 saturated carbocycles. The second kappa shape index (κ2) is 9.24. The first kappa shape index (κ1) is 24.0. The number of nitrogens with zero attached hydrogens (tertiary/aromatic N) is 1. The van der Waals surface area contributed by atoms with Crippen molar-refractivity contribution in [2.24, 2.45) is 0 Å². The molecule has 0 fully saturated rings.